The van der Waals surface area contributed by atoms with Crippen LogP contribution in [0.3, 0.4) is 0 Å². The Morgan fingerprint density at radius 2 is 2.44 bits per heavy atom. The van der Waals surface area contributed by atoms with Gasteiger partial charge in [0, 0.05) is 24.2 Å². The standard InChI is InChI=1S/C9H15ClN6O2/c1-6-12-4-7(8(11)14-6)5-13-9(17)16(15-18)3-2-10/h4H,2-3,5,15H2,1H3,(H,13,17)(H2,11,12,14). The first-order chi connectivity index (χ1) is 8.58. The van der Waals surface area contributed by atoms with E-state index < -0.39 is 6.03 Å². The quantitative estimate of drug-likeness (QED) is 0.278. The van der Waals surface area contributed by atoms with E-state index in [-0.39, 0.29) is 19.0 Å². The fraction of sp³-hybridized carbons (Fsp3) is 0.444. The molecule has 0 saturated heterocycles. The number of nitrogens with one attached hydrogen (secondary N) is 1. The van der Waals surface area contributed by atoms with Crippen LogP contribution in [0.25, 0.3) is 0 Å². The molecule has 100 valence electrons. The molecule has 0 fully saturated rings. The number of amides is 2. The summed E-state index contributed by atoms with van der Waals surface area (Å²) in [6.45, 7) is 2.02. The maximum atomic E-state index is 11.6. The third-order valence-electron chi connectivity index (χ3n) is 2.16. The van der Waals surface area contributed by atoms with Gasteiger partial charge in [0.1, 0.15) is 11.6 Å². The lowest BCUT2D eigenvalue weighted by molar-refractivity contribution is -0.731. The lowest BCUT2D eigenvalue weighted by Gasteiger charge is -2.20. The predicted octanol–water partition coefficient (Wildman–Crippen LogP) is -0.906. The molecule has 0 atom stereocenters. The minimum Gasteiger partial charge on any atom is -0.609 e. The maximum absolute atomic E-state index is 11.6. The molecule has 0 spiro atoms. The molecule has 1 aromatic rings. The zero-order valence-electron chi connectivity index (χ0n) is 9.89. The predicted molar refractivity (Wildman–Crippen MR) is 66.1 cm³/mol. The van der Waals surface area contributed by atoms with Crippen molar-refractivity contribution in [1.29, 1.82) is 0 Å². The minimum absolute atomic E-state index is 0.150. The van der Waals surface area contributed by atoms with Crippen molar-refractivity contribution < 1.29 is 10.4 Å². The summed E-state index contributed by atoms with van der Waals surface area (Å²) in [5, 5.41) is 14.1. The number of hydrogen-bond donors (Lipinski definition) is 3. The average molecular weight is 275 g/mol. The molecule has 0 saturated carbocycles. The first-order valence-corrected chi connectivity index (χ1v) is 5.75. The zero-order valence-corrected chi connectivity index (χ0v) is 10.6. The van der Waals surface area contributed by atoms with Gasteiger partial charge in [-0.25, -0.2) is 14.8 Å². The van der Waals surface area contributed by atoms with Crippen molar-refractivity contribution in [3.8, 4) is 0 Å². The van der Waals surface area contributed by atoms with Crippen LogP contribution in [0.15, 0.2) is 6.20 Å². The fourth-order valence-electron chi connectivity index (χ4n) is 1.21. The summed E-state index contributed by atoms with van der Waals surface area (Å²) in [7, 11) is 0. The number of hydrogen-bond acceptors (Lipinski definition) is 5. The Kier molecular flexibility index (Phi) is 5.56. The van der Waals surface area contributed by atoms with E-state index >= 15 is 0 Å². The number of rotatable bonds is 5. The highest BCUT2D eigenvalue weighted by Crippen LogP contribution is 2.06. The lowest BCUT2D eigenvalue weighted by Crippen LogP contribution is -2.90. The molecule has 0 aliphatic rings. The molecule has 0 aliphatic heterocycles. The van der Waals surface area contributed by atoms with E-state index in [1.807, 2.05) is 0 Å². The van der Waals surface area contributed by atoms with Crippen LogP contribution in [0.1, 0.15) is 11.4 Å². The van der Waals surface area contributed by atoms with Crippen molar-refractivity contribution in [1.82, 2.24) is 20.3 Å². The SMILES string of the molecule is Cc1ncc(CNC(=O)N(CCCl)[NH2+][O-])c(N)n1. The molecule has 0 radical (unpaired) electrons. The summed E-state index contributed by atoms with van der Waals surface area (Å²) >= 11 is 5.46. The highest BCUT2D eigenvalue weighted by Gasteiger charge is 2.13. The number of quaternary nitrogens is 1. The molecule has 9 heteroatoms. The molecule has 1 aromatic heterocycles. The number of alkyl halides is 1. The average Bonchev–Trinajstić information content (AvgIpc) is 2.34. The number of urea groups is 1. The summed E-state index contributed by atoms with van der Waals surface area (Å²) in [6.07, 6.45) is 1.53. The third-order valence-corrected chi connectivity index (χ3v) is 2.33. The van der Waals surface area contributed by atoms with E-state index in [1.54, 1.807) is 6.92 Å². The molecule has 1 rings (SSSR count). The summed E-state index contributed by atoms with van der Waals surface area (Å²) in [5.41, 5.74) is 6.68. The summed E-state index contributed by atoms with van der Waals surface area (Å²) in [4.78, 5) is 19.5. The second-order valence-electron chi connectivity index (χ2n) is 3.47. The van der Waals surface area contributed by atoms with Crippen molar-refractivity contribution >= 4 is 23.4 Å². The summed E-state index contributed by atoms with van der Waals surface area (Å²) in [6, 6.07) is -0.536. The molecule has 8 nitrogen and oxygen atoms in total. The van der Waals surface area contributed by atoms with Crippen LogP contribution in [0.2, 0.25) is 0 Å². The van der Waals surface area contributed by atoms with E-state index in [2.05, 4.69) is 15.3 Å². The van der Waals surface area contributed by atoms with Gasteiger partial charge in [0.25, 0.3) is 0 Å². The lowest BCUT2D eigenvalue weighted by atomic mass is 10.3. The molecule has 0 bridgehead atoms. The van der Waals surface area contributed by atoms with Crippen LogP contribution in [0.5, 0.6) is 0 Å². The van der Waals surface area contributed by atoms with Gasteiger partial charge in [0.05, 0.1) is 6.54 Å². The van der Waals surface area contributed by atoms with Gasteiger partial charge in [0.15, 0.2) is 0 Å². The molecular formula is C9H15ClN6O2. The number of carbonyl (C=O) groups excluding carboxylic acids is 1. The Bertz CT molecular complexity index is 416. The fourth-order valence-corrected chi connectivity index (χ4v) is 1.40. The van der Waals surface area contributed by atoms with Gasteiger partial charge in [-0.1, -0.05) is 0 Å². The van der Waals surface area contributed by atoms with Crippen molar-refractivity contribution in [3.05, 3.63) is 22.8 Å². The zero-order chi connectivity index (χ0) is 13.5. The van der Waals surface area contributed by atoms with Gasteiger partial charge < -0.3 is 16.3 Å². The monoisotopic (exact) mass is 274 g/mol. The highest BCUT2D eigenvalue weighted by molar-refractivity contribution is 6.18. The van der Waals surface area contributed by atoms with E-state index in [4.69, 9.17) is 17.3 Å². The van der Waals surface area contributed by atoms with Crippen LogP contribution >= 0.6 is 11.6 Å². The Labute approximate surface area is 109 Å². The molecule has 5 N–H and O–H groups in total. The van der Waals surface area contributed by atoms with Gasteiger partial charge in [-0.3, -0.25) is 5.59 Å². The van der Waals surface area contributed by atoms with E-state index in [9.17, 15) is 10.0 Å². The Balaban J connectivity index is 2.56. The van der Waals surface area contributed by atoms with E-state index in [0.29, 0.717) is 22.8 Å². The molecule has 0 aliphatic carbocycles. The number of nitrogens with two attached hydrogens (primary N) is 2. The first kappa shape index (κ1) is 14.4. The Morgan fingerprint density at radius 1 is 1.72 bits per heavy atom. The number of halogens is 1. The molecule has 2 amide bonds. The topological polar surface area (TPSA) is 124 Å². The number of nitrogen functional groups attached to an aromatic ring is 1. The van der Waals surface area contributed by atoms with Crippen LogP contribution in [0.4, 0.5) is 10.6 Å². The second-order valence-corrected chi connectivity index (χ2v) is 3.85. The number of aryl methyl sites for hydroxylation is 1. The normalized spacial score (nSPS) is 10.2. The van der Waals surface area contributed by atoms with Crippen LogP contribution < -0.4 is 16.6 Å². The minimum atomic E-state index is -0.536. The first-order valence-electron chi connectivity index (χ1n) is 5.22. The summed E-state index contributed by atoms with van der Waals surface area (Å²) < 4.78 is 0. The number of aromatic nitrogens is 2. The van der Waals surface area contributed by atoms with Gasteiger partial charge in [-0.2, -0.15) is 5.01 Å². The number of nitrogens with zero attached hydrogens (tertiary/aromatic N) is 3. The molecule has 18 heavy (non-hydrogen) atoms. The molecule has 0 aromatic carbocycles. The summed E-state index contributed by atoms with van der Waals surface area (Å²) in [5.74, 6) is 1.04. The Morgan fingerprint density at radius 3 is 3.00 bits per heavy atom. The Hall–Kier alpha value is -1.64. The van der Waals surface area contributed by atoms with Gasteiger partial charge in [0.2, 0.25) is 0 Å². The largest absolute Gasteiger partial charge is 0.609 e. The number of anilines is 1. The van der Waals surface area contributed by atoms with Gasteiger partial charge in [-0.05, 0) is 6.92 Å². The van der Waals surface area contributed by atoms with Crippen molar-refractivity contribution in [2.45, 2.75) is 13.5 Å². The van der Waals surface area contributed by atoms with Crippen LogP contribution in [0, 0.1) is 12.1 Å². The molecule has 0 unspecified atom stereocenters. The molecule has 1 heterocycles. The highest BCUT2D eigenvalue weighted by atomic mass is 35.5. The van der Waals surface area contributed by atoms with Gasteiger partial charge in [-0.15, -0.1) is 11.6 Å². The van der Waals surface area contributed by atoms with Crippen LogP contribution in [-0.2, 0) is 6.54 Å². The second kappa shape index (κ2) is 6.94. The maximum Gasteiger partial charge on any atom is 0.362 e. The van der Waals surface area contributed by atoms with Crippen molar-refractivity contribution in [3.63, 3.8) is 0 Å². The molecular weight excluding hydrogens is 260 g/mol. The van der Waals surface area contributed by atoms with E-state index in [1.165, 1.54) is 6.20 Å². The third kappa shape index (κ3) is 3.99. The van der Waals surface area contributed by atoms with Crippen LogP contribution in [-0.4, -0.2) is 33.4 Å². The van der Waals surface area contributed by atoms with Crippen molar-refractivity contribution in [2.24, 2.45) is 0 Å². The van der Waals surface area contributed by atoms with E-state index in [0.717, 1.165) is 5.01 Å². The smallest absolute Gasteiger partial charge is 0.362 e. The van der Waals surface area contributed by atoms with Crippen molar-refractivity contribution in [2.75, 3.05) is 18.2 Å². The van der Waals surface area contributed by atoms with Gasteiger partial charge >= 0.3 is 6.03 Å². The number of carbonyl (C=O) groups is 1.